The second-order valence-electron chi connectivity index (χ2n) is 4.32. The molecule has 2 fully saturated rings. The molecule has 2 aliphatic rings. The lowest BCUT2D eigenvalue weighted by Gasteiger charge is -2.37. The molecule has 75 valence electrons. The first-order chi connectivity index (χ1) is 6.40. The topological polar surface area (TPSA) is 6.48 Å². The molecule has 2 rings (SSSR count). The fourth-order valence-electron chi connectivity index (χ4n) is 2.62. The van der Waals surface area contributed by atoms with Crippen molar-refractivity contribution in [1.82, 2.24) is 9.80 Å². The summed E-state index contributed by atoms with van der Waals surface area (Å²) in [4.78, 5) is 5.14. The normalized spacial score (nSPS) is 28.4. The van der Waals surface area contributed by atoms with E-state index in [2.05, 4.69) is 16.7 Å². The molecule has 0 amide bonds. The van der Waals surface area contributed by atoms with Crippen LogP contribution in [0.4, 0.5) is 0 Å². The van der Waals surface area contributed by atoms with Gasteiger partial charge in [0.15, 0.2) is 0 Å². The van der Waals surface area contributed by atoms with Crippen molar-refractivity contribution in [3.05, 3.63) is 6.92 Å². The van der Waals surface area contributed by atoms with Crippen LogP contribution in [0.3, 0.4) is 0 Å². The van der Waals surface area contributed by atoms with Crippen LogP contribution < -0.4 is 0 Å². The Morgan fingerprint density at radius 1 is 1.00 bits per heavy atom. The number of hydrogen-bond acceptors (Lipinski definition) is 2. The van der Waals surface area contributed by atoms with Gasteiger partial charge in [-0.05, 0) is 26.3 Å². The van der Waals surface area contributed by atoms with E-state index in [4.69, 9.17) is 0 Å². The molecule has 13 heavy (non-hydrogen) atoms. The molecule has 0 unspecified atom stereocenters. The first-order valence-electron chi connectivity index (χ1n) is 5.66. The van der Waals surface area contributed by atoms with Gasteiger partial charge in [-0.2, -0.15) is 0 Å². The zero-order valence-corrected chi connectivity index (χ0v) is 8.54. The summed E-state index contributed by atoms with van der Waals surface area (Å²) in [5, 5.41) is 0. The molecule has 0 N–H and O–H groups in total. The molecule has 2 heteroatoms. The molecule has 2 nitrogen and oxygen atoms in total. The molecular formula is C11H21N2. The highest BCUT2D eigenvalue weighted by atomic mass is 15.3. The highest BCUT2D eigenvalue weighted by molar-refractivity contribution is 4.81. The molecule has 1 radical (unpaired) electrons. The van der Waals surface area contributed by atoms with Crippen molar-refractivity contribution >= 4 is 0 Å². The van der Waals surface area contributed by atoms with Gasteiger partial charge in [-0.1, -0.05) is 12.8 Å². The zero-order chi connectivity index (χ0) is 9.10. The van der Waals surface area contributed by atoms with E-state index < -0.39 is 0 Å². The van der Waals surface area contributed by atoms with E-state index in [1.165, 1.54) is 51.9 Å². The third kappa shape index (κ3) is 2.23. The van der Waals surface area contributed by atoms with Gasteiger partial charge >= 0.3 is 0 Å². The average Bonchev–Trinajstić information content (AvgIpc) is 2.71. The fraction of sp³-hybridized carbons (Fsp3) is 0.909. The molecule has 1 heterocycles. The molecule has 0 aromatic heterocycles. The van der Waals surface area contributed by atoms with Crippen LogP contribution in [-0.4, -0.2) is 48.6 Å². The summed E-state index contributed by atoms with van der Waals surface area (Å²) in [5.74, 6) is 0. The van der Waals surface area contributed by atoms with Gasteiger partial charge in [0.1, 0.15) is 0 Å². The molecule has 0 aromatic carbocycles. The van der Waals surface area contributed by atoms with Gasteiger partial charge < -0.3 is 4.90 Å². The fourth-order valence-corrected chi connectivity index (χ4v) is 2.62. The standard InChI is InChI=1S/C11H21N2/c1-2-12-7-9-13(10-8-12)11-5-3-4-6-11/h11H,1-10H2. The zero-order valence-electron chi connectivity index (χ0n) is 8.54. The van der Waals surface area contributed by atoms with Gasteiger partial charge in [0.25, 0.3) is 0 Å². The summed E-state index contributed by atoms with van der Waals surface area (Å²) in [7, 11) is 0. The van der Waals surface area contributed by atoms with Crippen molar-refractivity contribution in [1.29, 1.82) is 0 Å². The quantitative estimate of drug-likeness (QED) is 0.635. The Kier molecular flexibility index (Phi) is 3.23. The number of nitrogens with zero attached hydrogens (tertiary/aromatic N) is 2. The maximum Gasteiger partial charge on any atom is 0.0113 e. The van der Waals surface area contributed by atoms with Gasteiger partial charge in [-0.3, -0.25) is 4.90 Å². The van der Waals surface area contributed by atoms with Gasteiger partial charge in [0.2, 0.25) is 0 Å². The van der Waals surface area contributed by atoms with Crippen LogP contribution in [0.5, 0.6) is 0 Å². The predicted octanol–water partition coefficient (Wildman–Crippen LogP) is 1.38. The second kappa shape index (κ2) is 4.43. The maximum absolute atomic E-state index is 3.94. The van der Waals surface area contributed by atoms with Crippen LogP contribution in [0.25, 0.3) is 0 Å². The monoisotopic (exact) mass is 181 g/mol. The lowest BCUT2D eigenvalue weighted by molar-refractivity contribution is 0.105. The number of rotatable bonds is 2. The third-order valence-corrected chi connectivity index (χ3v) is 3.56. The van der Waals surface area contributed by atoms with E-state index in [0.717, 1.165) is 12.6 Å². The van der Waals surface area contributed by atoms with Crippen LogP contribution >= 0.6 is 0 Å². The van der Waals surface area contributed by atoms with Gasteiger partial charge in [-0.15, -0.1) is 0 Å². The van der Waals surface area contributed by atoms with Gasteiger partial charge in [0.05, 0.1) is 0 Å². The van der Waals surface area contributed by atoms with Crippen molar-refractivity contribution < 1.29 is 0 Å². The molecule has 0 aromatic rings. The van der Waals surface area contributed by atoms with Crippen LogP contribution in [0.2, 0.25) is 0 Å². The van der Waals surface area contributed by atoms with Crippen molar-refractivity contribution in [2.45, 2.75) is 31.7 Å². The van der Waals surface area contributed by atoms with E-state index >= 15 is 0 Å². The first-order valence-corrected chi connectivity index (χ1v) is 5.66. The SMILES string of the molecule is [CH2]CN1CCN(C2CCCC2)CC1. The molecule has 0 atom stereocenters. The Bertz CT molecular complexity index is 144. The lowest BCUT2D eigenvalue weighted by Crippen LogP contribution is -2.49. The molecule has 1 aliphatic heterocycles. The highest BCUT2D eigenvalue weighted by Crippen LogP contribution is 2.24. The molecule has 0 bridgehead atoms. The summed E-state index contributed by atoms with van der Waals surface area (Å²) in [6.07, 6.45) is 5.81. The minimum Gasteiger partial charge on any atom is -0.301 e. The Morgan fingerprint density at radius 3 is 2.15 bits per heavy atom. The second-order valence-corrected chi connectivity index (χ2v) is 4.32. The van der Waals surface area contributed by atoms with Crippen LogP contribution in [-0.2, 0) is 0 Å². The van der Waals surface area contributed by atoms with Crippen molar-refractivity contribution in [2.75, 3.05) is 32.7 Å². The highest BCUT2D eigenvalue weighted by Gasteiger charge is 2.25. The Labute approximate surface area is 81.9 Å². The van der Waals surface area contributed by atoms with E-state index in [0.29, 0.717) is 0 Å². The van der Waals surface area contributed by atoms with Crippen LogP contribution in [0, 0.1) is 6.92 Å². The van der Waals surface area contributed by atoms with E-state index in [-0.39, 0.29) is 0 Å². The van der Waals surface area contributed by atoms with E-state index in [1.807, 2.05) is 0 Å². The molecule has 0 spiro atoms. The first kappa shape index (κ1) is 9.47. The minimum absolute atomic E-state index is 0.923. The summed E-state index contributed by atoms with van der Waals surface area (Å²) in [5.41, 5.74) is 0. The van der Waals surface area contributed by atoms with Crippen molar-refractivity contribution in [2.24, 2.45) is 0 Å². The van der Waals surface area contributed by atoms with Gasteiger partial charge in [-0.25, -0.2) is 0 Å². The Morgan fingerprint density at radius 2 is 1.62 bits per heavy atom. The number of piperazine rings is 1. The number of hydrogen-bond donors (Lipinski definition) is 0. The smallest absolute Gasteiger partial charge is 0.0113 e. The predicted molar refractivity (Wildman–Crippen MR) is 55.6 cm³/mol. The van der Waals surface area contributed by atoms with Crippen LogP contribution in [0.1, 0.15) is 25.7 Å². The van der Waals surface area contributed by atoms with Crippen molar-refractivity contribution in [3.8, 4) is 0 Å². The lowest BCUT2D eigenvalue weighted by atomic mass is 10.2. The van der Waals surface area contributed by atoms with Crippen molar-refractivity contribution in [3.63, 3.8) is 0 Å². The Hall–Kier alpha value is -0.0800. The Balaban J connectivity index is 1.77. The molecule has 1 aliphatic carbocycles. The third-order valence-electron chi connectivity index (χ3n) is 3.56. The minimum atomic E-state index is 0.923. The van der Waals surface area contributed by atoms with E-state index in [9.17, 15) is 0 Å². The maximum atomic E-state index is 3.94. The average molecular weight is 181 g/mol. The van der Waals surface area contributed by atoms with E-state index in [1.54, 1.807) is 0 Å². The summed E-state index contributed by atoms with van der Waals surface area (Å²) < 4.78 is 0. The summed E-state index contributed by atoms with van der Waals surface area (Å²) in [6, 6.07) is 0.923. The summed E-state index contributed by atoms with van der Waals surface area (Å²) >= 11 is 0. The largest absolute Gasteiger partial charge is 0.301 e. The van der Waals surface area contributed by atoms with Crippen LogP contribution in [0.15, 0.2) is 0 Å². The van der Waals surface area contributed by atoms with Gasteiger partial charge in [0, 0.05) is 32.2 Å². The summed E-state index contributed by atoms with van der Waals surface area (Å²) in [6.45, 7) is 9.95. The molecule has 1 saturated carbocycles. The molecule has 1 saturated heterocycles. The molecular weight excluding hydrogens is 160 g/mol.